The summed E-state index contributed by atoms with van der Waals surface area (Å²) in [6.45, 7) is 9.61. The molecule has 1 saturated carbocycles. The van der Waals surface area contributed by atoms with Crippen molar-refractivity contribution in [1.29, 1.82) is 0 Å². The van der Waals surface area contributed by atoms with Crippen molar-refractivity contribution in [3.8, 4) is 0 Å². The number of nitrogens with zero attached hydrogens (tertiary/aromatic N) is 2. The summed E-state index contributed by atoms with van der Waals surface area (Å²) < 4.78 is 0. The van der Waals surface area contributed by atoms with Gasteiger partial charge in [-0.1, -0.05) is 26.2 Å². The first-order valence-corrected chi connectivity index (χ1v) is 8.50. The van der Waals surface area contributed by atoms with Gasteiger partial charge in [0.2, 0.25) is 0 Å². The van der Waals surface area contributed by atoms with E-state index in [1.165, 1.54) is 77.7 Å². The minimum atomic E-state index is 0.848. The van der Waals surface area contributed by atoms with Crippen molar-refractivity contribution in [1.82, 2.24) is 9.80 Å². The highest BCUT2D eigenvalue weighted by Gasteiger charge is 2.28. The fourth-order valence-electron chi connectivity index (χ4n) is 3.80. The number of hydrogen-bond acceptors (Lipinski definition) is 3. The molecule has 2 N–H and O–H groups in total. The second-order valence-electron chi connectivity index (χ2n) is 6.47. The lowest BCUT2D eigenvalue weighted by Gasteiger charge is -2.42. The molecule has 2 fully saturated rings. The van der Waals surface area contributed by atoms with Gasteiger partial charge < -0.3 is 10.6 Å². The predicted octanol–water partition coefficient (Wildman–Crippen LogP) is 2.31. The average Bonchev–Trinajstić information content (AvgIpc) is 2.48. The first-order valence-electron chi connectivity index (χ1n) is 8.50. The molecule has 2 atom stereocenters. The molecular formula is C16H33N3. The van der Waals surface area contributed by atoms with Crippen molar-refractivity contribution < 1.29 is 0 Å². The number of unbranched alkanes of at least 4 members (excludes halogenated alkanes) is 1. The Kier molecular flexibility index (Phi) is 6.62. The van der Waals surface area contributed by atoms with E-state index in [0.717, 1.165) is 18.5 Å². The molecule has 0 aromatic rings. The third kappa shape index (κ3) is 4.73. The van der Waals surface area contributed by atoms with Gasteiger partial charge in [-0.25, -0.2) is 0 Å². The summed E-state index contributed by atoms with van der Waals surface area (Å²) in [7, 11) is 0. The van der Waals surface area contributed by atoms with Gasteiger partial charge in [-0.15, -0.1) is 0 Å². The van der Waals surface area contributed by atoms with Gasteiger partial charge in [0.25, 0.3) is 0 Å². The summed E-state index contributed by atoms with van der Waals surface area (Å²) in [5, 5.41) is 0. The van der Waals surface area contributed by atoms with Crippen LogP contribution in [0.3, 0.4) is 0 Å². The van der Waals surface area contributed by atoms with Crippen molar-refractivity contribution in [2.24, 2.45) is 11.7 Å². The third-order valence-corrected chi connectivity index (χ3v) is 5.18. The van der Waals surface area contributed by atoms with Crippen molar-refractivity contribution >= 4 is 0 Å². The molecule has 3 nitrogen and oxygen atoms in total. The van der Waals surface area contributed by atoms with Crippen LogP contribution < -0.4 is 5.73 Å². The first-order chi connectivity index (χ1) is 9.33. The highest BCUT2D eigenvalue weighted by atomic mass is 15.3. The second kappa shape index (κ2) is 8.23. The van der Waals surface area contributed by atoms with Crippen molar-refractivity contribution in [3.63, 3.8) is 0 Å². The summed E-state index contributed by atoms with van der Waals surface area (Å²) in [5.74, 6) is 1.00. The smallest absolute Gasteiger partial charge is 0.0113 e. The molecule has 2 rings (SSSR count). The molecule has 0 spiro atoms. The van der Waals surface area contributed by atoms with E-state index in [0.29, 0.717) is 0 Å². The maximum atomic E-state index is 5.56. The summed E-state index contributed by atoms with van der Waals surface area (Å²) in [5.41, 5.74) is 5.56. The van der Waals surface area contributed by atoms with Gasteiger partial charge in [-0.05, 0) is 44.7 Å². The first kappa shape index (κ1) is 15.3. The topological polar surface area (TPSA) is 32.5 Å². The van der Waals surface area contributed by atoms with Crippen LogP contribution in [0, 0.1) is 5.92 Å². The van der Waals surface area contributed by atoms with Crippen LogP contribution in [-0.2, 0) is 0 Å². The maximum absolute atomic E-state index is 5.56. The monoisotopic (exact) mass is 267 g/mol. The quantitative estimate of drug-likeness (QED) is 0.750. The molecular weight excluding hydrogens is 234 g/mol. The molecule has 0 radical (unpaired) electrons. The average molecular weight is 267 g/mol. The molecule has 0 aromatic heterocycles. The molecule has 2 unspecified atom stereocenters. The van der Waals surface area contributed by atoms with Crippen LogP contribution in [0.1, 0.15) is 51.9 Å². The molecule has 0 bridgehead atoms. The van der Waals surface area contributed by atoms with Crippen LogP contribution in [0.15, 0.2) is 0 Å². The molecule has 1 aliphatic heterocycles. The predicted molar refractivity (Wildman–Crippen MR) is 82.3 cm³/mol. The summed E-state index contributed by atoms with van der Waals surface area (Å²) in [6.07, 6.45) is 9.69. The Hall–Kier alpha value is -0.120. The molecule has 0 amide bonds. The molecule has 1 aliphatic carbocycles. The zero-order valence-electron chi connectivity index (χ0n) is 12.8. The fourth-order valence-corrected chi connectivity index (χ4v) is 3.80. The van der Waals surface area contributed by atoms with E-state index in [-0.39, 0.29) is 0 Å². The molecule has 0 aromatic carbocycles. The summed E-state index contributed by atoms with van der Waals surface area (Å²) >= 11 is 0. The molecule has 3 heteroatoms. The minimum absolute atomic E-state index is 0.848. The third-order valence-electron chi connectivity index (χ3n) is 5.18. The van der Waals surface area contributed by atoms with Crippen LogP contribution in [0.2, 0.25) is 0 Å². The Morgan fingerprint density at radius 1 is 1.05 bits per heavy atom. The zero-order valence-corrected chi connectivity index (χ0v) is 12.8. The highest BCUT2D eigenvalue weighted by Crippen LogP contribution is 2.30. The maximum Gasteiger partial charge on any atom is 0.0113 e. The van der Waals surface area contributed by atoms with E-state index in [1.54, 1.807) is 0 Å². The SMILES string of the molecule is CCC1CCCC(N2CCN(CCCCN)CC2)C1. The Labute approximate surface area is 119 Å². The van der Waals surface area contributed by atoms with E-state index >= 15 is 0 Å². The lowest BCUT2D eigenvalue weighted by Crippen LogP contribution is -2.51. The molecule has 2 aliphatic rings. The van der Waals surface area contributed by atoms with Crippen LogP contribution in [0.25, 0.3) is 0 Å². The summed E-state index contributed by atoms with van der Waals surface area (Å²) in [4.78, 5) is 5.41. The van der Waals surface area contributed by atoms with Gasteiger partial charge >= 0.3 is 0 Å². The number of hydrogen-bond donors (Lipinski definition) is 1. The molecule has 1 heterocycles. The number of rotatable bonds is 6. The molecule has 1 saturated heterocycles. The van der Waals surface area contributed by atoms with Crippen LogP contribution in [-0.4, -0.2) is 55.1 Å². The number of nitrogens with two attached hydrogens (primary N) is 1. The van der Waals surface area contributed by atoms with Crippen LogP contribution in [0.5, 0.6) is 0 Å². The normalized spacial score (nSPS) is 30.6. The Bertz CT molecular complexity index is 236. The largest absolute Gasteiger partial charge is 0.330 e. The minimum Gasteiger partial charge on any atom is -0.330 e. The molecule has 112 valence electrons. The lowest BCUT2D eigenvalue weighted by molar-refractivity contribution is 0.0657. The van der Waals surface area contributed by atoms with Crippen molar-refractivity contribution in [2.75, 3.05) is 39.3 Å². The van der Waals surface area contributed by atoms with Gasteiger partial charge in [0, 0.05) is 32.2 Å². The Balaban J connectivity index is 1.67. The van der Waals surface area contributed by atoms with Crippen LogP contribution in [0.4, 0.5) is 0 Å². The summed E-state index contributed by atoms with van der Waals surface area (Å²) in [6, 6.07) is 0.893. The zero-order chi connectivity index (χ0) is 13.5. The van der Waals surface area contributed by atoms with Gasteiger partial charge in [-0.3, -0.25) is 4.90 Å². The van der Waals surface area contributed by atoms with Crippen molar-refractivity contribution in [3.05, 3.63) is 0 Å². The second-order valence-corrected chi connectivity index (χ2v) is 6.47. The van der Waals surface area contributed by atoms with Gasteiger partial charge in [-0.2, -0.15) is 0 Å². The number of piperazine rings is 1. The van der Waals surface area contributed by atoms with Crippen LogP contribution >= 0.6 is 0 Å². The van der Waals surface area contributed by atoms with Gasteiger partial charge in [0.15, 0.2) is 0 Å². The highest BCUT2D eigenvalue weighted by molar-refractivity contribution is 4.83. The van der Waals surface area contributed by atoms with E-state index < -0.39 is 0 Å². The Morgan fingerprint density at radius 2 is 1.84 bits per heavy atom. The standard InChI is InChI=1S/C16H33N3/c1-2-15-6-5-7-16(14-15)19-12-10-18(11-13-19)9-4-3-8-17/h15-16H,2-14,17H2,1H3. The lowest BCUT2D eigenvalue weighted by atomic mass is 9.83. The van der Waals surface area contributed by atoms with E-state index in [9.17, 15) is 0 Å². The van der Waals surface area contributed by atoms with Crippen molar-refractivity contribution in [2.45, 2.75) is 57.9 Å². The Morgan fingerprint density at radius 3 is 2.53 bits per heavy atom. The van der Waals surface area contributed by atoms with E-state index in [4.69, 9.17) is 5.73 Å². The van der Waals surface area contributed by atoms with E-state index in [2.05, 4.69) is 16.7 Å². The van der Waals surface area contributed by atoms with E-state index in [1.807, 2.05) is 0 Å². The van der Waals surface area contributed by atoms with Gasteiger partial charge in [0.05, 0.1) is 0 Å². The van der Waals surface area contributed by atoms with Gasteiger partial charge in [0.1, 0.15) is 0 Å². The fraction of sp³-hybridized carbons (Fsp3) is 1.00. The molecule has 19 heavy (non-hydrogen) atoms.